The summed E-state index contributed by atoms with van der Waals surface area (Å²) in [6.07, 6.45) is 2.29. The Morgan fingerprint density at radius 1 is 1.67 bits per heavy atom. The van der Waals surface area contributed by atoms with Crippen molar-refractivity contribution in [1.82, 2.24) is 4.98 Å². The minimum Gasteiger partial charge on any atom is -0.351 e. The highest BCUT2D eigenvalue weighted by atomic mass is 35.5. The Labute approximate surface area is 99.1 Å². The molecule has 0 atom stereocenters. The number of alkyl halides is 1. The van der Waals surface area contributed by atoms with E-state index in [0.717, 1.165) is 24.5 Å². The van der Waals surface area contributed by atoms with E-state index in [1.165, 1.54) is 11.3 Å². The van der Waals surface area contributed by atoms with Crippen molar-refractivity contribution < 1.29 is 4.79 Å². The number of hydrogen-bond donors (Lipinski definition) is 0. The average molecular weight is 247 g/mol. The number of halogens is 1. The Kier molecular flexibility index (Phi) is 5.05. The monoisotopic (exact) mass is 246 g/mol. The number of carbonyl (C=O) groups excluding carboxylic acids is 1. The molecule has 1 aromatic rings. The molecule has 1 heterocycles. The van der Waals surface area contributed by atoms with Crippen LogP contribution in [-0.2, 0) is 0 Å². The molecule has 3 nitrogen and oxygen atoms in total. The van der Waals surface area contributed by atoms with Gasteiger partial charge in [0.2, 0.25) is 0 Å². The molecule has 0 bridgehead atoms. The van der Waals surface area contributed by atoms with Gasteiger partial charge in [-0.25, -0.2) is 4.98 Å². The maximum atomic E-state index is 11.3. The number of ketones is 1. The van der Waals surface area contributed by atoms with Crippen LogP contribution in [0.3, 0.4) is 0 Å². The van der Waals surface area contributed by atoms with E-state index in [-0.39, 0.29) is 11.7 Å². The molecule has 15 heavy (non-hydrogen) atoms. The van der Waals surface area contributed by atoms with Crippen molar-refractivity contribution in [3.8, 4) is 0 Å². The van der Waals surface area contributed by atoms with Gasteiger partial charge in [-0.3, -0.25) is 4.79 Å². The summed E-state index contributed by atoms with van der Waals surface area (Å²) in [5.41, 5.74) is 0.480. The van der Waals surface area contributed by atoms with Gasteiger partial charge in [-0.05, 0) is 6.42 Å². The van der Waals surface area contributed by atoms with E-state index in [1.807, 2.05) is 7.05 Å². The number of anilines is 1. The molecule has 5 heteroatoms. The third-order valence-electron chi connectivity index (χ3n) is 2.07. The minimum absolute atomic E-state index is 0.00183. The number of hydrogen-bond acceptors (Lipinski definition) is 4. The molecule has 1 aromatic heterocycles. The van der Waals surface area contributed by atoms with Crippen molar-refractivity contribution in [2.24, 2.45) is 0 Å². The average Bonchev–Trinajstić information content (AvgIpc) is 2.74. The number of unbranched alkanes of at least 4 members (excludes halogenated alkanes) is 1. The second-order valence-corrected chi connectivity index (χ2v) is 4.45. The predicted octanol–water partition coefficient (Wildman–Crippen LogP) is 2.80. The zero-order valence-corrected chi connectivity index (χ0v) is 10.6. The first kappa shape index (κ1) is 12.5. The largest absolute Gasteiger partial charge is 0.351 e. The van der Waals surface area contributed by atoms with E-state index < -0.39 is 0 Å². The van der Waals surface area contributed by atoms with Crippen molar-refractivity contribution in [3.63, 3.8) is 0 Å². The minimum atomic E-state index is -0.108. The van der Waals surface area contributed by atoms with Crippen LogP contribution in [0.1, 0.15) is 30.3 Å². The molecule has 0 fully saturated rings. The highest BCUT2D eigenvalue weighted by Gasteiger charge is 2.11. The quantitative estimate of drug-likeness (QED) is 0.572. The van der Waals surface area contributed by atoms with Gasteiger partial charge in [0.05, 0.1) is 5.88 Å². The summed E-state index contributed by atoms with van der Waals surface area (Å²) in [4.78, 5) is 17.6. The van der Waals surface area contributed by atoms with Crippen molar-refractivity contribution >= 4 is 33.9 Å². The van der Waals surface area contributed by atoms with Crippen LogP contribution in [0.25, 0.3) is 0 Å². The lowest BCUT2D eigenvalue weighted by atomic mass is 10.3. The molecule has 1 rings (SSSR count). The summed E-state index contributed by atoms with van der Waals surface area (Å²) in [7, 11) is 1.99. The van der Waals surface area contributed by atoms with Crippen LogP contribution in [0.15, 0.2) is 5.38 Å². The van der Waals surface area contributed by atoms with Crippen LogP contribution >= 0.6 is 22.9 Å². The maximum absolute atomic E-state index is 11.3. The van der Waals surface area contributed by atoms with Gasteiger partial charge in [0.1, 0.15) is 5.69 Å². The van der Waals surface area contributed by atoms with Crippen LogP contribution in [0.4, 0.5) is 5.13 Å². The molecule has 0 aromatic carbocycles. The zero-order valence-electron chi connectivity index (χ0n) is 8.99. The lowest BCUT2D eigenvalue weighted by molar-refractivity contribution is 0.101. The molecule has 0 spiro atoms. The molecular weight excluding hydrogens is 232 g/mol. The third kappa shape index (κ3) is 3.47. The van der Waals surface area contributed by atoms with E-state index in [1.54, 1.807) is 5.38 Å². The van der Waals surface area contributed by atoms with Crippen molar-refractivity contribution in [1.29, 1.82) is 0 Å². The van der Waals surface area contributed by atoms with Crippen molar-refractivity contribution in [2.45, 2.75) is 19.8 Å². The lowest BCUT2D eigenvalue weighted by Gasteiger charge is -2.14. The maximum Gasteiger partial charge on any atom is 0.196 e. The van der Waals surface area contributed by atoms with E-state index in [0.29, 0.717) is 5.69 Å². The Bertz CT molecular complexity index is 327. The first-order chi connectivity index (χ1) is 7.19. The molecule has 0 amide bonds. The van der Waals surface area contributed by atoms with Crippen LogP contribution < -0.4 is 4.90 Å². The van der Waals surface area contributed by atoms with Crippen molar-refractivity contribution in [2.75, 3.05) is 24.4 Å². The van der Waals surface area contributed by atoms with Gasteiger partial charge < -0.3 is 4.90 Å². The molecule has 0 unspecified atom stereocenters. The molecule has 84 valence electrons. The van der Waals surface area contributed by atoms with E-state index in [2.05, 4.69) is 16.8 Å². The molecule has 0 saturated carbocycles. The van der Waals surface area contributed by atoms with Gasteiger partial charge in [0.25, 0.3) is 0 Å². The number of rotatable bonds is 6. The molecule has 0 aliphatic heterocycles. The summed E-state index contributed by atoms with van der Waals surface area (Å²) in [5.74, 6) is -0.106. The highest BCUT2D eigenvalue weighted by molar-refractivity contribution is 7.13. The zero-order chi connectivity index (χ0) is 11.3. The first-order valence-electron chi connectivity index (χ1n) is 4.94. The van der Waals surface area contributed by atoms with Crippen LogP contribution in [0.2, 0.25) is 0 Å². The summed E-state index contributed by atoms with van der Waals surface area (Å²) < 4.78 is 0. The predicted molar refractivity (Wildman–Crippen MR) is 65.3 cm³/mol. The summed E-state index contributed by atoms with van der Waals surface area (Å²) in [5, 5.41) is 2.65. The summed E-state index contributed by atoms with van der Waals surface area (Å²) >= 11 is 6.95. The summed E-state index contributed by atoms with van der Waals surface area (Å²) in [6, 6.07) is 0. The third-order valence-corrected chi connectivity index (χ3v) is 3.27. The van der Waals surface area contributed by atoms with Gasteiger partial charge in [0.15, 0.2) is 10.9 Å². The van der Waals surface area contributed by atoms with Gasteiger partial charge in [0, 0.05) is 19.0 Å². The van der Waals surface area contributed by atoms with Crippen LogP contribution in [0.5, 0.6) is 0 Å². The Balaban J connectivity index is 2.62. The first-order valence-corrected chi connectivity index (χ1v) is 6.36. The Morgan fingerprint density at radius 2 is 2.40 bits per heavy atom. The highest BCUT2D eigenvalue weighted by Crippen LogP contribution is 2.20. The fourth-order valence-corrected chi connectivity index (χ4v) is 2.09. The molecule has 0 saturated heterocycles. The van der Waals surface area contributed by atoms with E-state index in [9.17, 15) is 4.79 Å². The van der Waals surface area contributed by atoms with Gasteiger partial charge in [-0.2, -0.15) is 0 Å². The number of nitrogens with zero attached hydrogens (tertiary/aromatic N) is 2. The molecule has 0 radical (unpaired) electrons. The normalized spacial score (nSPS) is 10.3. The Hall–Kier alpha value is -0.610. The standard InChI is InChI=1S/C10H15ClN2OS/c1-3-4-5-13(2)10-12-8(7-15-10)9(14)6-11/h7H,3-6H2,1-2H3. The molecule has 0 N–H and O–H groups in total. The number of aromatic nitrogens is 1. The Morgan fingerprint density at radius 3 is 3.00 bits per heavy atom. The van der Waals surface area contributed by atoms with Gasteiger partial charge in [-0.1, -0.05) is 13.3 Å². The van der Waals surface area contributed by atoms with E-state index in [4.69, 9.17) is 11.6 Å². The van der Waals surface area contributed by atoms with Crippen LogP contribution in [-0.4, -0.2) is 30.2 Å². The second-order valence-electron chi connectivity index (χ2n) is 3.35. The topological polar surface area (TPSA) is 33.2 Å². The lowest BCUT2D eigenvalue weighted by Crippen LogP contribution is -2.18. The molecule has 0 aliphatic carbocycles. The number of carbonyl (C=O) groups is 1. The van der Waals surface area contributed by atoms with Crippen LogP contribution in [0, 0.1) is 0 Å². The fraction of sp³-hybridized carbons (Fsp3) is 0.600. The fourth-order valence-electron chi connectivity index (χ4n) is 1.13. The summed E-state index contributed by atoms with van der Waals surface area (Å²) in [6.45, 7) is 3.12. The van der Waals surface area contributed by atoms with Gasteiger partial charge >= 0.3 is 0 Å². The smallest absolute Gasteiger partial charge is 0.196 e. The van der Waals surface area contributed by atoms with E-state index >= 15 is 0 Å². The molecular formula is C10H15ClN2OS. The van der Waals surface area contributed by atoms with Gasteiger partial charge in [-0.15, -0.1) is 22.9 Å². The second kappa shape index (κ2) is 6.08. The van der Waals surface area contributed by atoms with Crippen molar-refractivity contribution in [3.05, 3.63) is 11.1 Å². The number of thiazole rings is 1. The molecule has 0 aliphatic rings. The number of Topliss-reactive ketones (excluding diaryl/α,β-unsaturated/α-hetero) is 1. The SMILES string of the molecule is CCCCN(C)c1nc(C(=O)CCl)cs1.